The summed E-state index contributed by atoms with van der Waals surface area (Å²) in [7, 11) is 0. The molecule has 0 saturated heterocycles. The molecule has 2 aromatic carbocycles. The maximum Gasteiger partial charge on any atom is 0.229 e. The second-order valence-corrected chi connectivity index (χ2v) is 5.78. The van der Waals surface area contributed by atoms with E-state index in [9.17, 15) is 4.79 Å². The molecule has 4 heteroatoms. The van der Waals surface area contributed by atoms with Gasteiger partial charge in [0.05, 0.1) is 11.3 Å². The molecule has 0 bridgehead atoms. The fourth-order valence-electron chi connectivity index (χ4n) is 3.10. The van der Waals surface area contributed by atoms with Crippen molar-refractivity contribution < 1.29 is 4.79 Å². The molecular formula is C19H19N3O. The molecule has 2 aromatic rings. The van der Waals surface area contributed by atoms with Crippen LogP contribution in [0.3, 0.4) is 0 Å². The summed E-state index contributed by atoms with van der Waals surface area (Å²) in [6, 6.07) is 17.8. The number of carbonyl (C=O) groups excluding carboxylic acids is 1. The molecule has 1 N–H and O–H groups in total. The Bertz CT molecular complexity index is 763. The van der Waals surface area contributed by atoms with Crippen molar-refractivity contribution in [2.75, 3.05) is 16.8 Å². The van der Waals surface area contributed by atoms with Crippen LogP contribution in [0.1, 0.15) is 24.5 Å². The molecule has 1 atom stereocenters. The van der Waals surface area contributed by atoms with Crippen LogP contribution in [0.25, 0.3) is 0 Å². The lowest BCUT2D eigenvalue weighted by Crippen LogP contribution is -2.36. The largest absolute Gasteiger partial charge is 0.383 e. The highest BCUT2D eigenvalue weighted by Gasteiger charge is 2.29. The molecular weight excluding hydrogens is 286 g/mol. The third-order valence-corrected chi connectivity index (χ3v) is 4.18. The first-order valence-corrected chi connectivity index (χ1v) is 7.83. The Morgan fingerprint density at radius 1 is 1.26 bits per heavy atom. The molecule has 4 nitrogen and oxygen atoms in total. The molecule has 1 amide bonds. The van der Waals surface area contributed by atoms with Crippen molar-refractivity contribution in [2.24, 2.45) is 0 Å². The first kappa shape index (κ1) is 15.1. The zero-order chi connectivity index (χ0) is 16.2. The van der Waals surface area contributed by atoms with E-state index >= 15 is 0 Å². The van der Waals surface area contributed by atoms with E-state index in [1.54, 1.807) is 6.07 Å². The molecule has 0 aromatic heterocycles. The van der Waals surface area contributed by atoms with Gasteiger partial charge in [-0.25, -0.2) is 0 Å². The molecule has 3 rings (SSSR count). The molecule has 0 spiro atoms. The van der Waals surface area contributed by atoms with Crippen LogP contribution >= 0.6 is 0 Å². The first-order valence-electron chi connectivity index (χ1n) is 7.83. The number of rotatable bonds is 4. The normalized spacial score (nSPS) is 15.8. The van der Waals surface area contributed by atoms with Crippen molar-refractivity contribution in [1.82, 2.24) is 0 Å². The van der Waals surface area contributed by atoms with Crippen LogP contribution in [-0.4, -0.2) is 18.5 Å². The number of nitrogens with one attached hydrogen (secondary N) is 1. The maximum atomic E-state index is 12.6. The molecule has 0 aliphatic carbocycles. The monoisotopic (exact) mass is 305 g/mol. The van der Waals surface area contributed by atoms with Gasteiger partial charge in [-0.1, -0.05) is 30.3 Å². The van der Waals surface area contributed by atoms with Crippen LogP contribution in [0, 0.1) is 11.3 Å². The van der Waals surface area contributed by atoms with Gasteiger partial charge in [0.15, 0.2) is 0 Å². The highest BCUT2D eigenvalue weighted by atomic mass is 16.2. The number of fused-ring (bicyclic) bond motifs is 1. The van der Waals surface area contributed by atoms with Crippen LogP contribution in [-0.2, 0) is 11.2 Å². The molecule has 1 aliphatic heterocycles. The lowest BCUT2D eigenvalue weighted by atomic mass is 10.1. The van der Waals surface area contributed by atoms with Gasteiger partial charge in [-0.3, -0.25) is 4.79 Å². The summed E-state index contributed by atoms with van der Waals surface area (Å²) in [5.41, 5.74) is 3.64. The number of hydrogen-bond acceptors (Lipinski definition) is 3. The van der Waals surface area contributed by atoms with Gasteiger partial charge in [-0.15, -0.1) is 0 Å². The van der Waals surface area contributed by atoms with E-state index in [2.05, 4.69) is 24.4 Å². The third kappa shape index (κ3) is 3.04. The van der Waals surface area contributed by atoms with Gasteiger partial charge in [0.1, 0.15) is 6.07 Å². The van der Waals surface area contributed by atoms with E-state index in [4.69, 9.17) is 5.26 Å². The molecule has 23 heavy (non-hydrogen) atoms. The number of para-hydroxylation sites is 2. The summed E-state index contributed by atoms with van der Waals surface area (Å²) in [6.45, 7) is 2.60. The summed E-state index contributed by atoms with van der Waals surface area (Å²) in [5.74, 6) is 0.115. The van der Waals surface area contributed by atoms with Gasteiger partial charge in [0, 0.05) is 24.7 Å². The second kappa shape index (κ2) is 6.53. The Morgan fingerprint density at radius 3 is 2.83 bits per heavy atom. The molecule has 0 radical (unpaired) electrons. The number of carbonyl (C=O) groups is 1. The topological polar surface area (TPSA) is 56.1 Å². The predicted octanol–water partition coefficient (Wildman–Crippen LogP) is 3.34. The van der Waals surface area contributed by atoms with E-state index in [0.717, 1.165) is 17.8 Å². The highest BCUT2D eigenvalue weighted by molar-refractivity contribution is 5.96. The first-order chi connectivity index (χ1) is 11.2. The van der Waals surface area contributed by atoms with Crippen molar-refractivity contribution in [1.29, 1.82) is 5.26 Å². The number of benzene rings is 2. The van der Waals surface area contributed by atoms with Crippen LogP contribution in [0.15, 0.2) is 48.5 Å². The Morgan fingerprint density at radius 2 is 2.00 bits per heavy atom. The number of hydrogen-bond donors (Lipinski definition) is 1. The number of nitrogens with zero attached hydrogens (tertiary/aromatic N) is 2. The summed E-state index contributed by atoms with van der Waals surface area (Å²) in [4.78, 5) is 14.5. The second-order valence-electron chi connectivity index (χ2n) is 5.78. The molecule has 116 valence electrons. The summed E-state index contributed by atoms with van der Waals surface area (Å²) in [6.07, 6.45) is 1.31. The molecule has 0 fully saturated rings. The average Bonchev–Trinajstić information content (AvgIpc) is 2.91. The molecule has 1 aliphatic rings. The summed E-state index contributed by atoms with van der Waals surface area (Å²) in [5, 5.41) is 12.3. The third-order valence-electron chi connectivity index (χ3n) is 4.18. The minimum Gasteiger partial charge on any atom is -0.383 e. The van der Waals surface area contributed by atoms with Crippen molar-refractivity contribution in [2.45, 2.75) is 25.8 Å². The maximum absolute atomic E-state index is 12.6. The zero-order valence-corrected chi connectivity index (χ0v) is 13.1. The van der Waals surface area contributed by atoms with Gasteiger partial charge >= 0.3 is 0 Å². The standard InChI is InChI=1S/C19H19N3O/c1-14-12-15-6-3-5-9-18(15)22(14)19(23)10-11-21-17-8-4-2-7-16(17)13-20/h2-9,14,21H,10-12H2,1H3. The van der Waals surface area contributed by atoms with E-state index in [-0.39, 0.29) is 11.9 Å². The zero-order valence-electron chi connectivity index (χ0n) is 13.1. The minimum absolute atomic E-state index is 0.115. The molecule has 1 unspecified atom stereocenters. The fraction of sp³-hybridized carbons (Fsp3) is 0.263. The summed E-state index contributed by atoms with van der Waals surface area (Å²) < 4.78 is 0. The number of nitriles is 1. The van der Waals surface area contributed by atoms with E-state index in [0.29, 0.717) is 18.5 Å². The number of amides is 1. The van der Waals surface area contributed by atoms with Gasteiger partial charge < -0.3 is 10.2 Å². The van der Waals surface area contributed by atoms with Crippen molar-refractivity contribution in [3.63, 3.8) is 0 Å². The average molecular weight is 305 g/mol. The Hall–Kier alpha value is -2.80. The lowest BCUT2D eigenvalue weighted by Gasteiger charge is -2.23. The van der Waals surface area contributed by atoms with Crippen LogP contribution in [0.2, 0.25) is 0 Å². The Kier molecular flexibility index (Phi) is 4.29. The fourth-order valence-corrected chi connectivity index (χ4v) is 3.10. The minimum atomic E-state index is 0.115. The quantitative estimate of drug-likeness (QED) is 0.942. The van der Waals surface area contributed by atoms with E-state index in [1.165, 1.54) is 5.56 Å². The van der Waals surface area contributed by atoms with Crippen LogP contribution < -0.4 is 10.2 Å². The van der Waals surface area contributed by atoms with Gasteiger partial charge in [0.2, 0.25) is 5.91 Å². The van der Waals surface area contributed by atoms with E-state index < -0.39 is 0 Å². The Balaban J connectivity index is 1.63. The predicted molar refractivity (Wildman–Crippen MR) is 91.4 cm³/mol. The summed E-state index contributed by atoms with van der Waals surface area (Å²) >= 11 is 0. The molecule has 1 heterocycles. The van der Waals surface area contributed by atoms with Crippen LogP contribution in [0.5, 0.6) is 0 Å². The van der Waals surface area contributed by atoms with Gasteiger partial charge in [-0.2, -0.15) is 5.26 Å². The Labute approximate surface area is 136 Å². The van der Waals surface area contributed by atoms with Gasteiger partial charge in [-0.05, 0) is 37.1 Å². The van der Waals surface area contributed by atoms with Crippen molar-refractivity contribution in [3.05, 3.63) is 59.7 Å². The van der Waals surface area contributed by atoms with Crippen molar-refractivity contribution in [3.8, 4) is 6.07 Å². The van der Waals surface area contributed by atoms with Gasteiger partial charge in [0.25, 0.3) is 0 Å². The van der Waals surface area contributed by atoms with Crippen LogP contribution in [0.4, 0.5) is 11.4 Å². The highest BCUT2D eigenvalue weighted by Crippen LogP contribution is 2.32. The number of anilines is 2. The SMILES string of the molecule is CC1Cc2ccccc2N1C(=O)CCNc1ccccc1C#N. The van der Waals surface area contributed by atoms with E-state index in [1.807, 2.05) is 41.3 Å². The smallest absolute Gasteiger partial charge is 0.229 e. The lowest BCUT2D eigenvalue weighted by molar-refractivity contribution is -0.118. The molecule has 0 saturated carbocycles. The van der Waals surface area contributed by atoms with Crippen molar-refractivity contribution >= 4 is 17.3 Å².